The van der Waals surface area contributed by atoms with Crippen molar-refractivity contribution < 1.29 is 13.6 Å². The minimum atomic E-state index is -0.399. The van der Waals surface area contributed by atoms with Crippen LogP contribution in [-0.4, -0.2) is 16.0 Å². The van der Waals surface area contributed by atoms with E-state index in [0.29, 0.717) is 22.4 Å². The van der Waals surface area contributed by atoms with Crippen molar-refractivity contribution in [1.29, 1.82) is 0 Å². The number of carbonyl (C=O) groups excluding carboxylic acids is 1. The van der Waals surface area contributed by atoms with Crippen LogP contribution in [0.1, 0.15) is 6.92 Å². The molecule has 0 atom stereocenters. The molecule has 0 spiro atoms. The molecule has 2 aromatic carbocycles. The van der Waals surface area contributed by atoms with Crippen LogP contribution in [0.5, 0.6) is 0 Å². The van der Waals surface area contributed by atoms with Crippen molar-refractivity contribution in [2.24, 2.45) is 0 Å². The molecule has 0 bridgehead atoms. The third-order valence-corrected chi connectivity index (χ3v) is 3.24. The number of rotatable bonds is 2. The van der Waals surface area contributed by atoms with Gasteiger partial charge in [0.25, 0.3) is 0 Å². The lowest BCUT2D eigenvalue weighted by Crippen LogP contribution is -2.32. The van der Waals surface area contributed by atoms with Gasteiger partial charge in [0.2, 0.25) is 11.8 Å². The zero-order valence-corrected chi connectivity index (χ0v) is 12.9. The van der Waals surface area contributed by atoms with Crippen LogP contribution in [0.4, 0.5) is 10.1 Å². The van der Waals surface area contributed by atoms with Crippen LogP contribution in [0.25, 0.3) is 22.6 Å². The van der Waals surface area contributed by atoms with E-state index in [4.69, 9.17) is 16.6 Å². The monoisotopic (exact) mass is 329 g/mol. The van der Waals surface area contributed by atoms with Crippen LogP contribution in [-0.2, 0) is 4.79 Å². The molecule has 5 nitrogen and oxygen atoms in total. The summed E-state index contributed by atoms with van der Waals surface area (Å²) in [7, 11) is 0. The number of amides is 1. The van der Waals surface area contributed by atoms with Gasteiger partial charge < -0.3 is 15.1 Å². The maximum atomic E-state index is 13.8. The lowest BCUT2D eigenvalue weighted by molar-refractivity contribution is -0.117. The lowest BCUT2D eigenvalue weighted by atomic mass is 10.2. The predicted octanol–water partition coefficient (Wildman–Crippen LogP) is 3.47. The highest BCUT2D eigenvalue weighted by Crippen LogP contribution is 2.27. The SMILES string of the molecule is CC(=O)NC(=S)Nc1ccc2oc(-c3ccccc3F)nc2c1. The maximum Gasteiger partial charge on any atom is 0.230 e. The van der Waals surface area contributed by atoms with Crippen molar-refractivity contribution in [2.75, 3.05) is 5.32 Å². The zero-order valence-electron chi connectivity index (χ0n) is 12.1. The number of anilines is 1. The second-order valence-corrected chi connectivity index (χ2v) is 5.22. The molecular formula is C16H12FN3O2S. The van der Waals surface area contributed by atoms with E-state index in [1.54, 1.807) is 36.4 Å². The molecule has 1 amide bonds. The highest BCUT2D eigenvalue weighted by atomic mass is 32.1. The quantitative estimate of drug-likeness (QED) is 0.705. The number of hydrogen-bond acceptors (Lipinski definition) is 4. The Balaban J connectivity index is 1.91. The van der Waals surface area contributed by atoms with Gasteiger partial charge in [-0.3, -0.25) is 4.79 Å². The molecule has 23 heavy (non-hydrogen) atoms. The molecule has 0 saturated heterocycles. The van der Waals surface area contributed by atoms with Crippen molar-refractivity contribution in [2.45, 2.75) is 6.92 Å². The Kier molecular flexibility index (Phi) is 4.03. The highest BCUT2D eigenvalue weighted by Gasteiger charge is 2.12. The van der Waals surface area contributed by atoms with E-state index < -0.39 is 5.82 Å². The topological polar surface area (TPSA) is 67.2 Å². The molecule has 116 valence electrons. The van der Waals surface area contributed by atoms with Crippen LogP contribution in [0.3, 0.4) is 0 Å². The van der Waals surface area contributed by atoms with Crippen LogP contribution >= 0.6 is 12.2 Å². The maximum absolute atomic E-state index is 13.8. The second kappa shape index (κ2) is 6.13. The van der Waals surface area contributed by atoms with E-state index in [-0.39, 0.29) is 16.9 Å². The molecule has 0 aliphatic rings. The first kappa shape index (κ1) is 15.1. The third kappa shape index (κ3) is 3.35. The summed E-state index contributed by atoms with van der Waals surface area (Å²) in [6.45, 7) is 1.37. The fourth-order valence-corrected chi connectivity index (χ4v) is 2.34. The van der Waals surface area contributed by atoms with Gasteiger partial charge in [0.05, 0.1) is 5.56 Å². The summed E-state index contributed by atoms with van der Waals surface area (Å²) in [4.78, 5) is 15.2. The summed E-state index contributed by atoms with van der Waals surface area (Å²) in [6.07, 6.45) is 0. The largest absolute Gasteiger partial charge is 0.436 e. The van der Waals surface area contributed by atoms with Crippen molar-refractivity contribution in [1.82, 2.24) is 10.3 Å². The Morgan fingerprint density at radius 3 is 2.78 bits per heavy atom. The summed E-state index contributed by atoms with van der Waals surface area (Å²) in [6, 6.07) is 11.4. The Morgan fingerprint density at radius 1 is 1.26 bits per heavy atom. The molecule has 0 aliphatic heterocycles. The number of fused-ring (bicyclic) bond motifs is 1. The number of hydrogen-bond donors (Lipinski definition) is 2. The van der Waals surface area contributed by atoms with E-state index in [1.165, 1.54) is 13.0 Å². The normalized spacial score (nSPS) is 10.5. The number of thiocarbonyl (C=S) groups is 1. The second-order valence-electron chi connectivity index (χ2n) is 4.82. The van der Waals surface area contributed by atoms with Gasteiger partial charge in [0.1, 0.15) is 11.3 Å². The van der Waals surface area contributed by atoms with Crippen LogP contribution in [0.2, 0.25) is 0 Å². The predicted molar refractivity (Wildman–Crippen MR) is 89.4 cm³/mol. The first-order valence-corrected chi connectivity index (χ1v) is 7.18. The molecule has 3 aromatic rings. The molecule has 7 heteroatoms. The summed E-state index contributed by atoms with van der Waals surface area (Å²) in [5.41, 5.74) is 2.02. The summed E-state index contributed by atoms with van der Waals surface area (Å²) >= 11 is 5.00. The molecule has 0 unspecified atom stereocenters. The van der Waals surface area contributed by atoms with Crippen LogP contribution in [0.15, 0.2) is 46.9 Å². The smallest absolute Gasteiger partial charge is 0.230 e. The minimum Gasteiger partial charge on any atom is -0.436 e. The molecule has 3 rings (SSSR count). The standard InChI is InChI=1S/C16H12FN3O2S/c1-9(21)18-16(23)19-10-6-7-14-13(8-10)20-15(22-14)11-4-2-3-5-12(11)17/h2-8H,1H3,(H2,18,19,21,23). The van der Waals surface area contributed by atoms with Gasteiger partial charge in [0.15, 0.2) is 10.7 Å². The number of aromatic nitrogens is 1. The van der Waals surface area contributed by atoms with E-state index >= 15 is 0 Å². The average Bonchev–Trinajstić information content (AvgIpc) is 2.89. The number of nitrogens with one attached hydrogen (secondary N) is 2. The van der Waals surface area contributed by atoms with Crippen LogP contribution < -0.4 is 10.6 Å². The molecule has 1 heterocycles. The van der Waals surface area contributed by atoms with Gasteiger partial charge in [-0.2, -0.15) is 0 Å². The van der Waals surface area contributed by atoms with E-state index in [1.807, 2.05) is 0 Å². The van der Waals surface area contributed by atoms with E-state index in [2.05, 4.69) is 15.6 Å². The third-order valence-electron chi connectivity index (χ3n) is 3.04. The van der Waals surface area contributed by atoms with E-state index in [0.717, 1.165) is 0 Å². The Hall–Kier alpha value is -2.80. The van der Waals surface area contributed by atoms with Crippen molar-refractivity contribution in [3.05, 3.63) is 48.3 Å². The number of nitrogens with zero attached hydrogens (tertiary/aromatic N) is 1. The Bertz CT molecular complexity index is 907. The molecular weight excluding hydrogens is 317 g/mol. The fraction of sp³-hybridized carbons (Fsp3) is 0.0625. The van der Waals surface area contributed by atoms with Gasteiger partial charge in [-0.25, -0.2) is 9.37 Å². The Morgan fingerprint density at radius 2 is 2.04 bits per heavy atom. The van der Waals surface area contributed by atoms with Crippen LogP contribution in [0, 0.1) is 5.82 Å². The van der Waals surface area contributed by atoms with Crippen molar-refractivity contribution in [3.8, 4) is 11.5 Å². The van der Waals surface area contributed by atoms with Gasteiger partial charge >= 0.3 is 0 Å². The lowest BCUT2D eigenvalue weighted by Gasteiger charge is -2.07. The molecule has 2 N–H and O–H groups in total. The number of oxazole rings is 1. The average molecular weight is 329 g/mol. The van der Waals surface area contributed by atoms with Gasteiger partial charge in [0, 0.05) is 12.6 Å². The van der Waals surface area contributed by atoms with Crippen molar-refractivity contribution in [3.63, 3.8) is 0 Å². The van der Waals surface area contributed by atoms with Gasteiger partial charge in [-0.05, 0) is 42.5 Å². The fourth-order valence-electron chi connectivity index (χ4n) is 2.08. The zero-order chi connectivity index (χ0) is 16.4. The summed E-state index contributed by atoms with van der Waals surface area (Å²) in [5, 5.41) is 5.52. The molecule has 0 fully saturated rings. The number of halogens is 1. The first-order valence-electron chi connectivity index (χ1n) is 6.77. The van der Waals surface area contributed by atoms with E-state index in [9.17, 15) is 9.18 Å². The number of benzene rings is 2. The number of carbonyl (C=O) groups is 1. The molecule has 1 aromatic heterocycles. The minimum absolute atomic E-state index is 0.190. The van der Waals surface area contributed by atoms with Gasteiger partial charge in [-0.15, -0.1) is 0 Å². The first-order chi connectivity index (χ1) is 11.0. The summed E-state index contributed by atoms with van der Waals surface area (Å²) < 4.78 is 19.4. The Labute approximate surface area is 136 Å². The molecule has 0 saturated carbocycles. The highest BCUT2D eigenvalue weighted by molar-refractivity contribution is 7.80. The molecule has 0 aliphatic carbocycles. The van der Waals surface area contributed by atoms with Gasteiger partial charge in [-0.1, -0.05) is 12.1 Å². The summed E-state index contributed by atoms with van der Waals surface area (Å²) in [5.74, 6) is -0.448. The molecule has 0 radical (unpaired) electrons. The van der Waals surface area contributed by atoms with Crippen molar-refractivity contribution >= 4 is 40.0 Å².